The van der Waals surface area contributed by atoms with Gasteiger partial charge in [0.1, 0.15) is 11.7 Å². The first-order valence-corrected chi connectivity index (χ1v) is 10.1. The maximum atomic E-state index is 13.4. The van der Waals surface area contributed by atoms with Crippen LogP contribution < -0.4 is 10.9 Å². The van der Waals surface area contributed by atoms with Gasteiger partial charge in [-0.25, -0.2) is 14.8 Å². The zero-order valence-electron chi connectivity index (χ0n) is 15.0. The van der Waals surface area contributed by atoms with Gasteiger partial charge in [-0.1, -0.05) is 11.6 Å². The SMILES string of the molecule is CN(C)C=CC(=O)N1CC2SC3NNC(=Nc4ccc(F)c(Cl)c4)C3C2C1. The van der Waals surface area contributed by atoms with Crippen LogP contribution in [0.2, 0.25) is 5.02 Å². The van der Waals surface area contributed by atoms with E-state index in [0.29, 0.717) is 23.4 Å². The van der Waals surface area contributed by atoms with E-state index in [2.05, 4.69) is 15.8 Å². The van der Waals surface area contributed by atoms with E-state index in [1.54, 1.807) is 18.3 Å². The summed E-state index contributed by atoms with van der Waals surface area (Å²) >= 11 is 7.72. The molecule has 2 N–H and O–H groups in total. The fourth-order valence-electron chi connectivity index (χ4n) is 3.78. The molecule has 0 radical (unpaired) electrons. The number of carbonyl (C=O) groups excluding carboxylic acids is 1. The fourth-order valence-corrected chi connectivity index (χ4v) is 5.68. The molecule has 6 nitrogen and oxygen atoms in total. The number of hydrogen-bond acceptors (Lipinski definition) is 5. The molecule has 4 unspecified atom stereocenters. The van der Waals surface area contributed by atoms with E-state index < -0.39 is 5.82 Å². The minimum absolute atomic E-state index is 0.0398. The molecule has 3 fully saturated rings. The summed E-state index contributed by atoms with van der Waals surface area (Å²) in [6.45, 7) is 1.46. The largest absolute Gasteiger partial charge is 0.383 e. The lowest BCUT2D eigenvalue weighted by atomic mass is 9.91. The Labute approximate surface area is 166 Å². The van der Waals surface area contributed by atoms with Crippen LogP contribution in [0.25, 0.3) is 0 Å². The molecule has 0 aromatic heterocycles. The van der Waals surface area contributed by atoms with Crippen LogP contribution in [0.3, 0.4) is 0 Å². The second-order valence-electron chi connectivity index (χ2n) is 7.17. The van der Waals surface area contributed by atoms with E-state index in [0.717, 1.165) is 12.4 Å². The lowest BCUT2D eigenvalue weighted by Gasteiger charge is -2.19. The maximum absolute atomic E-state index is 13.4. The van der Waals surface area contributed by atoms with Gasteiger partial charge in [-0.15, -0.1) is 11.8 Å². The van der Waals surface area contributed by atoms with Gasteiger partial charge in [0.05, 0.1) is 22.0 Å². The molecule has 3 aliphatic heterocycles. The number of thioether (sulfide) groups is 1. The Morgan fingerprint density at radius 3 is 3.00 bits per heavy atom. The van der Waals surface area contributed by atoms with E-state index in [1.807, 2.05) is 35.7 Å². The number of hydrogen-bond donors (Lipinski definition) is 2. The lowest BCUT2D eigenvalue weighted by Crippen LogP contribution is -2.32. The van der Waals surface area contributed by atoms with Crippen molar-refractivity contribution >= 4 is 40.8 Å². The van der Waals surface area contributed by atoms with Gasteiger partial charge in [0.25, 0.3) is 0 Å². The molecule has 0 aliphatic carbocycles. The van der Waals surface area contributed by atoms with Crippen LogP contribution >= 0.6 is 23.4 Å². The van der Waals surface area contributed by atoms with Crippen molar-refractivity contribution in [3.05, 3.63) is 41.3 Å². The molecular formula is C18H21ClFN5OS. The Balaban J connectivity index is 1.51. The highest BCUT2D eigenvalue weighted by atomic mass is 35.5. The number of amidine groups is 1. The average molecular weight is 410 g/mol. The predicted octanol–water partition coefficient (Wildman–Crippen LogP) is 2.21. The smallest absolute Gasteiger partial charge is 0.248 e. The molecule has 0 saturated carbocycles. The highest BCUT2D eigenvalue weighted by molar-refractivity contribution is 8.00. The number of rotatable bonds is 3. The zero-order chi connectivity index (χ0) is 19.1. The standard InChI is InChI=1S/C18H21ClFN5OS/c1-24(2)6-5-15(26)25-8-11-14(9-25)27-18-16(11)17(22-23-18)21-10-3-4-13(20)12(19)7-10/h3-7,11,14,16,18,23H,8-9H2,1-2H3,(H,21,22). The number of halogens is 2. The van der Waals surface area contributed by atoms with Crippen LogP contribution in [0.15, 0.2) is 35.5 Å². The molecule has 144 valence electrons. The van der Waals surface area contributed by atoms with Crippen molar-refractivity contribution in [2.24, 2.45) is 16.8 Å². The van der Waals surface area contributed by atoms with Crippen LogP contribution in [0.1, 0.15) is 0 Å². The Bertz CT molecular complexity index is 817. The predicted molar refractivity (Wildman–Crippen MR) is 106 cm³/mol. The minimum atomic E-state index is -0.455. The van der Waals surface area contributed by atoms with Crippen molar-refractivity contribution in [3.63, 3.8) is 0 Å². The molecule has 3 saturated heterocycles. The number of nitrogens with one attached hydrogen (secondary N) is 2. The number of nitrogens with zero attached hydrogens (tertiary/aromatic N) is 3. The molecule has 1 aromatic rings. The third kappa shape index (κ3) is 3.66. The van der Waals surface area contributed by atoms with Gasteiger partial charge in [-0.05, 0) is 18.2 Å². The lowest BCUT2D eigenvalue weighted by molar-refractivity contribution is -0.125. The number of amides is 1. The molecule has 1 amide bonds. The van der Waals surface area contributed by atoms with Crippen molar-refractivity contribution in [1.29, 1.82) is 0 Å². The van der Waals surface area contributed by atoms with Crippen molar-refractivity contribution in [2.75, 3.05) is 27.2 Å². The molecule has 0 bridgehead atoms. The van der Waals surface area contributed by atoms with Gasteiger partial charge >= 0.3 is 0 Å². The van der Waals surface area contributed by atoms with E-state index in [1.165, 1.54) is 12.1 Å². The third-order valence-corrected chi connectivity index (χ3v) is 6.90. The maximum Gasteiger partial charge on any atom is 0.248 e. The zero-order valence-corrected chi connectivity index (χ0v) is 16.6. The summed E-state index contributed by atoms with van der Waals surface area (Å²) in [7, 11) is 3.78. The minimum Gasteiger partial charge on any atom is -0.383 e. The van der Waals surface area contributed by atoms with E-state index >= 15 is 0 Å². The average Bonchev–Trinajstić information content (AvgIpc) is 3.27. The Morgan fingerprint density at radius 1 is 1.44 bits per heavy atom. The molecular weight excluding hydrogens is 389 g/mol. The molecule has 3 heterocycles. The second kappa shape index (κ2) is 7.33. The normalized spacial score (nSPS) is 30.7. The first kappa shape index (κ1) is 18.6. The summed E-state index contributed by atoms with van der Waals surface area (Å²) in [5.74, 6) is 0.912. The van der Waals surface area contributed by atoms with Crippen molar-refractivity contribution in [2.45, 2.75) is 10.6 Å². The molecule has 4 atom stereocenters. The summed E-state index contributed by atoms with van der Waals surface area (Å²) in [6, 6.07) is 4.45. The number of fused-ring (bicyclic) bond motifs is 3. The summed E-state index contributed by atoms with van der Waals surface area (Å²) in [5.41, 5.74) is 7.05. The van der Waals surface area contributed by atoms with Gasteiger partial charge in [0.15, 0.2) is 0 Å². The van der Waals surface area contributed by atoms with Gasteiger partial charge in [0.2, 0.25) is 5.91 Å². The van der Waals surface area contributed by atoms with Crippen LogP contribution in [-0.4, -0.2) is 59.4 Å². The fraction of sp³-hybridized carbons (Fsp3) is 0.444. The number of likely N-dealkylation sites (tertiary alicyclic amines) is 1. The van der Waals surface area contributed by atoms with E-state index in [4.69, 9.17) is 11.6 Å². The van der Waals surface area contributed by atoms with Gasteiger partial charge in [0, 0.05) is 50.6 Å². The molecule has 3 aliphatic rings. The number of benzene rings is 1. The monoisotopic (exact) mass is 409 g/mol. The molecule has 27 heavy (non-hydrogen) atoms. The Kier molecular flexibility index (Phi) is 5.05. The Morgan fingerprint density at radius 2 is 2.26 bits per heavy atom. The first-order chi connectivity index (χ1) is 12.9. The quantitative estimate of drug-likeness (QED) is 0.749. The van der Waals surface area contributed by atoms with Gasteiger partial charge in [-0.3, -0.25) is 4.79 Å². The van der Waals surface area contributed by atoms with Gasteiger partial charge < -0.3 is 15.2 Å². The number of aliphatic imine (C=N–C) groups is 1. The summed E-state index contributed by atoms with van der Waals surface area (Å²) in [5, 5.41) is 0.667. The first-order valence-electron chi connectivity index (χ1n) is 8.76. The van der Waals surface area contributed by atoms with Crippen molar-refractivity contribution in [3.8, 4) is 0 Å². The Hall–Kier alpha value is -1.77. The molecule has 4 rings (SSSR count). The van der Waals surface area contributed by atoms with Crippen molar-refractivity contribution in [1.82, 2.24) is 20.7 Å². The molecule has 0 spiro atoms. The molecule has 9 heteroatoms. The number of hydrazine groups is 1. The summed E-state index contributed by atoms with van der Waals surface area (Å²) in [4.78, 5) is 20.8. The van der Waals surface area contributed by atoms with E-state index in [-0.39, 0.29) is 22.2 Å². The topological polar surface area (TPSA) is 60.0 Å². The number of carbonyl (C=O) groups is 1. The second-order valence-corrected chi connectivity index (χ2v) is 8.96. The summed E-state index contributed by atoms with van der Waals surface area (Å²) in [6.07, 6.45) is 3.39. The van der Waals surface area contributed by atoms with Crippen LogP contribution in [-0.2, 0) is 4.79 Å². The van der Waals surface area contributed by atoms with Gasteiger partial charge in [-0.2, -0.15) is 0 Å². The van der Waals surface area contributed by atoms with Crippen LogP contribution in [0, 0.1) is 17.7 Å². The van der Waals surface area contributed by atoms with E-state index in [9.17, 15) is 9.18 Å². The van der Waals surface area contributed by atoms with Crippen LogP contribution in [0.5, 0.6) is 0 Å². The van der Waals surface area contributed by atoms with Crippen molar-refractivity contribution < 1.29 is 9.18 Å². The van der Waals surface area contributed by atoms with Crippen LogP contribution in [0.4, 0.5) is 10.1 Å². The highest BCUT2D eigenvalue weighted by Gasteiger charge is 2.54. The third-order valence-electron chi connectivity index (χ3n) is 5.06. The highest BCUT2D eigenvalue weighted by Crippen LogP contribution is 2.48. The summed E-state index contributed by atoms with van der Waals surface area (Å²) < 4.78 is 13.4. The molecule has 1 aromatic carbocycles.